The molecule has 0 aromatic carbocycles. The van der Waals surface area contributed by atoms with E-state index in [9.17, 15) is 9.59 Å². The maximum absolute atomic E-state index is 12.4. The minimum atomic E-state index is -0.157. The Bertz CT molecular complexity index is 745. The summed E-state index contributed by atoms with van der Waals surface area (Å²) in [6, 6.07) is 0. The van der Waals surface area contributed by atoms with E-state index < -0.39 is 0 Å². The molecule has 2 saturated carbocycles. The van der Waals surface area contributed by atoms with Gasteiger partial charge in [-0.05, 0) is 86.5 Å². The van der Waals surface area contributed by atoms with Gasteiger partial charge in [0.1, 0.15) is 6.10 Å². The fraction of sp³-hybridized carbons (Fsp3) is 0.750. The van der Waals surface area contributed by atoms with Crippen molar-refractivity contribution in [1.29, 1.82) is 0 Å². The van der Waals surface area contributed by atoms with Crippen molar-refractivity contribution in [3.8, 4) is 0 Å². The molecule has 0 aliphatic heterocycles. The first-order valence-electron chi connectivity index (χ1n) is 10.7. The third-order valence-electron chi connectivity index (χ3n) is 8.66. The molecule has 0 aromatic rings. The van der Waals surface area contributed by atoms with Crippen LogP contribution in [0.1, 0.15) is 79.6 Å². The summed E-state index contributed by atoms with van der Waals surface area (Å²) in [6.07, 6.45) is 10.1. The third-order valence-corrected chi connectivity index (χ3v) is 8.66. The summed E-state index contributed by atoms with van der Waals surface area (Å²) in [5.41, 5.74) is 4.33. The van der Waals surface area contributed by atoms with Gasteiger partial charge in [-0.3, -0.25) is 9.59 Å². The normalized spacial score (nSPS) is 43.4. The minimum Gasteiger partial charge on any atom is -0.462 e. The Morgan fingerprint density at radius 3 is 2.41 bits per heavy atom. The molecule has 4 rings (SSSR count). The number of carbonyl (C=O) groups excluding carboxylic acids is 2. The molecule has 0 heterocycles. The lowest BCUT2D eigenvalue weighted by molar-refractivity contribution is -0.148. The van der Waals surface area contributed by atoms with Crippen LogP contribution < -0.4 is 0 Å². The number of fused-ring (bicyclic) bond motifs is 5. The second-order valence-electron chi connectivity index (χ2n) is 10.1. The van der Waals surface area contributed by atoms with Crippen molar-refractivity contribution in [2.75, 3.05) is 0 Å². The van der Waals surface area contributed by atoms with Crippen LogP contribution >= 0.6 is 0 Å². The number of hydrogen-bond donors (Lipinski definition) is 0. The van der Waals surface area contributed by atoms with Crippen LogP contribution in [0.2, 0.25) is 0 Å². The van der Waals surface area contributed by atoms with Crippen molar-refractivity contribution < 1.29 is 14.3 Å². The second kappa shape index (κ2) is 6.32. The zero-order chi connectivity index (χ0) is 19.6. The Morgan fingerprint density at radius 2 is 1.74 bits per heavy atom. The molecule has 0 saturated heterocycles. The molecule has 27 heavy (non-hydrogen) atoms. The molecule has 0 N–H and O–H groups in total. The fourth-order valence-electron chi connectivity index (χ4n) is 7.59. The van der Waals surface area contributed by atoms with E-state index in [1.165, 1.54) is 24.5 Å². The van der Waals surface area contributed by atoms with Gasteiger partial charge in [0.2, 0.25) is 0 Å². The minimum absolute atomic E-state index is 0.0620. The average Bonchev–Trinajstić information content (AvgIpc) is 2.85. The molecule has 0 radical (unpaired) electrons. The van der Waals surface area contributed by atoms with Crippen LogP contribution in [0.3, 0.4) is 0 Å². The van der Waals surface area contributed by atoms with Crippen molar-refractivity contribution in [2.24, 2.45) is 28.6 Å². The van der Waals surface area contributed by atoms with E-state index in [0.717, 1.165) is 44.1 Å². The Morgan fingerprint density at radius 1 is 1.04 bits per heavy atom. The van der Waals surface area contributed by atoms with Crippen LogP contribution in [-0.2, 0) is 14.3 Å². The van der Waals surface area contributed by atoms with E-state index >= 15 is 0 Å². The summed E-state index contributed by atoms with van der Waals surface area (Å²) in [5.74, 6) is 2.12. The van der Waals surface area contributed by atoms with Gasteiger partial charge in [-0.1, -0.05) is 31.1 Å². The molecule has 0 amide bonds. The first-order chi connectivity index (χ1) is 12.7. The highest BCUT2D eigenvalue weighted by atomic mass is 16.5. The van der Waals surface area contributed by atoms with Crippen molar-refractivity contribution in [2.45, 2.75) is 85.7 Å². The predicted molar refractivity (Wildman–Crippen MR) is 106 cm³/mol. The van der Waals surface area contributed by atoms with E-state index in [2.05, 4.69) is 26.8 Å². The number of rotatable bonds is 2. The number of hydrogen-bond acceptors (Lipinski definition) is 3. The number of ether oxygens (including phenoxy) is 1. The van der Waals surface area contributed by atoms with E-state index in [0.29, 0.717) is 17.8 Å². The lowest BCUT2D eigenvalue weighted by Gasteiger charge is -2.57. The number of carbonyl (C=O) groups is 2. The van der Waals surface area contributed by atoms with Crippen molar-refractivity contribution in [3.05, 3.63) is 22.8 Å². The highest BCUT2D eigenvalue weighted by Gasteiger charge is 2.58. The van der Waals surface area contributed by atoms with Crippen molar-refractivity contribution in [1.82, 2.24) is 0 Å². The molecular weight excluding hydrogens is 336 g/mol. The molecule has 4 aliphatic carbocycles. The molecule has 2 fully saturated rings. The highest BCUT2D eigenvalue weighted by molar-refractivity contribution is 5.96. The molecule has 0 aromatic heterocycles. The van der Waals surface area contributed by atoms with Gasteiger partial charge in [0.15, 0.2) is 5.78 Å². The Hall–Kier alpha value is -1.38. The van der Waals surface area contributed by atoms with Crippen LogP contribution in [0, 0.1) is 28.6 Å². The van der Waals surface area contributed by atoms with Crippen LogP contribution in [0.4, 0.5) is 0 Å². The number of Topliss-reactive ketones (excluding diaryl/α,β-unsaturated/α-hetero) is 1. The molecule has 3 heteroatoms. The topological polar surface area (TPSA) is 43.4 Å². The molecule has 148 valence electrons. The highest BCUT2D eigenvalue weighted by Crippen LogP contribution is 2.66. The van der Waals surface area contributed by atoms with Gasteiger partial charge in [-0.15, -0.1) is 0 Å². The summed E-state index contributed by atoms with van der Waals surface area (Å²) in [7, 11) is 0. The largest absolute Gasteiger partial charge is 0.462 e. The van der Waals surface area contributed by atoms with E-state index in [1.807, 2.05) is 0 Å². The van der Waals surface area contributed by atoms with Crippen molar-refractivity contribution in [3.63, 3.8) is 0 Å². The Balaban J connectivity index is 1.62. The van der Waals surface area contributed by atoms with E-state index in [-0.39, 0.29) is 28.7 Å². The first kappa shape index (κ1) is 19.0. The summed E-state index contributed by atoms with van der Waals surface area (Å²) >= 11 is 0. The lowest BCUT2D eigenvalue weighted by Crippen LogP contribution is -2.50. The van der Waals surface area contributed by atoms with Crippen LogP contribution in [0.5, 0.6) is 0 Å². The van der Waals surface area contributed by atoms with E-state index in [4.69, 9.17) is 4.74 Å². The average molecular weight is 371 g/mol. The summed E-state index contributed by atoms with van der Waals surface area (Å²) in [6.45, 7) is 10.3. The Labute approximate surface area is 163 Å². The maximum Gasteiger partial charge on any atom is 0.302 e. The fourth-order valence-corrected chi connectivity index (χ4v) is 7.59. The number of allylic oxidation sites excluding steroid dienone is 3. The molecular formula is C24H34O3. The zero-order valence-electron chi connectivity index (χ0n) is 17.6. The van der Waals surface area contributed by atoms with Gasteiger partial charge < -0.3 is 4.74 Å². The van der Waals surface area contributed by atoms with Crippen molar-refractivity contribution >= 4 is 11.8 Å². The van der Waals surface area contributed by atoms with Gasteiger partial charge in [0.05, 0.1) is 0 Å². The summed E-state index contributed by atoms with van der Waals surface area (Å²) in [4.78, 5) is 23.8. The van der Waals surface area contributed by atoms with Gasteiger partial charge >= 0.3 is 5.97 Å². The van der Waals surface area contributed by atoms with Gasteiger partial charge in [-0.2, -0.15) is 0 Å². The monoisotopic (exact) mass is 370 g/mol. The first-order valence-corrected chi connectivity index (χ1v) is 10.7. The SMILES string of the molecule is CC(=O)O[C@H]1CC[C@@]2(C)C(=CC[C@@H]3C2CC[C@]2(C)C(C(C)=O)=C(C)CC32)C1. The lowest BCUT2D eigenvalue weighted by atomic mass is 9.47. The molecule has 3 nitrogen and oxygen atoms in total. The molecule has 0 spiro atoms. The van der Waals surface area contributed by atoms with E-state index in [1.54, 1.807) is 6.92 Å². The standard InChI is InChI=1S/C24H34O3/c1-14-12-21-19-7-6-17-13-18(27-16(3)26)8-10-23(17,4)20(19)9-11-24(21,5)22(14)15(2)25/h6,18-21H,7-13H2,1-5H3/t18-,19+,20?,21?,23-,24-/m0/s1. The van der Waals surface area contributed by atoms with Gasteiger partial charge in [0.25, 0.3) is 0 Å². The van der Waals surface area contributed by atoms with Crippen LogP contribution in [0.15, 0.2) is 22.8 Å². The molecule has 2 unspecified atom stereocenters. The summed E-state index contributed by atoms with van der Waals surface area (Å²) in [5, 5.41) is 0. The maximum atomic E-state index is 12.4. The quantitative estimate of drug-likeness (QED) is 0.483. The zero-order valence-corrected chi connectivity index (χ0v) is 17.6. The van der Waals surface area contributed by atoms with Gasteiger partial charge in [-0.25, -0.2) is 0 Å². The number of esters is 1. The summed E-state index contributed by atoms with van der Waals surface area (Å²) < 4.78 is 5.54. The Kier molecular flexibility index (Phi) is 4.44. The van der Waals surface area contributed by atoms with Crippen LogP contribution in [-0.4, -0.2) is 17.9 Å². The molecule has 6 atom stereocenters. The third kappa shape index (κ3) is 2.76. The second-order valence-corrected chi connectivity index (χ2v) is 10.1. The molecule has 0 bridgehead atoms. The van der Waals surface area contributed by atoms with Gasteiger partial charge in [0, 0.05) is 13.3 Å². The molecule has 4 aliphatic rings. The predicted octanol–water partition coefficient (Wildman–Crippen LogP) is 5.40. The number of ketones is 1. The smallest absolute Gasteiger partial charge is 0.302 e. The van der Waals surface area contributed by atoms with Crippen LogP contribution in [0.25, 0.3) is 0 Å².